The molecule has 1 amide bonds. The van der Waals surface area contributed by atoms with Gasteiger partial charge in [-0.25, -0.2) is 0 Å². The van der Waals surface area contributed by atoms with Crippen molar-refractivity contribution in [3.05, 3.63) is 12.7 Å². The molecule has 0 aromatic heterocycles. The fourth-order valence-corrected chi connectivity index (χ4v) is 3.21. The van der Waals surface area contributed by atoms with E-state index in [0.29, 0.717) is 11.9 Å². The summed E-state index contributed by atoms with van der Waals surface area (Å²) in [7, 11) is 0. The Morgan fingerprint density at radius 3 is 2.95 bits per heavy atom. The highest BCUT2D eigenvalue weighted by Crippen LogP contribution is 2.21. The zero-order valence-corrected chi connectivity index (χ0v) is 11.8. The van der Waals surface area contributed by atoms with E-state index in [1.807, 2.05) is 6.08 Å². The van der Waals surface area contributed by atoms with Crippen LogP contribution < -0.4 is 0 Å². The molecule has 2 atom stereocenters. The Bertz CT molecular complexity index is 319. The smallest absolute Gasteiger partial charge is 0.222 e. The Balaban J connectivity index is 1.79. The maximum absolute atomic E-state index is 11.8. The number of β-amino-alcohol motifs (C(OH)–C–C–N with tert-alkyl or cyclic N) is 1. The number of piperidine rings is 1. The molecule has 108 valence electrons. The molecule has 0 saturated carbocycles. The fourth-order valence-electron chi connectivity index (χ4n) is 3.21. The molecule has 2 aliphatic rings. The number of carbonyl (C=O) groups excluding carboxylic acids is 1. The van der Waals surface area contributed by atoms with Crippen molar-refractivity contribution in [2.45, 2.75) is 50.7 Å². The number of hydrogen-bond acceptors (Lipinski definition) is 3. The average molecular weight is 266 g/mol. The summed E-state index contributed by atoms with van der Waals surface area (Å²) in [5.41, 5.74) is 0. The summed E-state index contributed by atoms with van der Waals surface area (Å²) in [5.74, 6) is 0.319. The van der Waals surface area contributed by atoms with Gasteiger partial charge in [0.2, 0.25) is 5.91 Å². The number of hydrogen-bond donors (Lipinski definition) is 1. The molecule has 2 saturated heterocycles. The second kappa shape index (κ2) is 7.06. The van der Waals surface area contributed by atoms with E-state index in [1.165, 1.54) is 0 Å². The van der Waals surface area contributed by atoms with Crippen LogP contribution in [0.4, 0.5) is 0 Å². The maximum Gasteiger partial charge on any atom is 0.222 e. The Morgan fingerprint density at radius 1 is 1.42 bits per heavy atom. The molecule has 4 heteroatoms. The Hall–Kier alpha value is -0.870. The van der Waals surface area contributed by atoms with E-state index in [4.69, 9.17) is 0 Å². The monoisotopic (exact) mass is 266 g/mol. The number of aliphatic hydroxyl groups is 1. The van der Waals surface area contributed by atoms with Crippen molar-refractivity contribution >= 4 is 5.91 Å². The number of allylic oxidation sites excluding steroid dienone is 1. The van der Waals surface area contributed by atoms with E-state index < -0.39 is 0 Å². The summed E-state index contributed by atoms with van der Waals surface area (Å²) < 4.78 is 0. The zero-order chi connectivity index (χ0) is 13.7. The molecule has 0 unspecified atom stereocenters. The molecule has 19 heavy (non-hydrogen) atoms. The SMILES string of the molecule is C=CCC[C@H](O)CN1CCC[C@@H](N2CCCC2=O)C1. The molecular formula is C15H26N2O2. The topological polar surface area (TPSA) is 43.8 Å². The summed E-state index contributed by atoms with van der Waals surface area (Å²) in [5, 5.41) is 9.97. The first kappa shape index (κ1) is 14.5. The summed E-state index contributed by atoms with van der Waals surface area (Å²) in [4.78, 5) is 16.2. The van der Waals surface area contributed by atoms with Crippen LogP contribution >= 0.6 is 0 Å². The van der Waals surface area contributed by atoms with Crippen molar-refractivity contribution in [2.75, 3.05) is 26.2 Å². The third kappa shape index (κ3) is 4.05. The predicted molar refractivity (Wildman–Crippen MR) is 75.8 cm³/mol. The summed E-state index contributed by atoms with van der Waals surface area (Å²) >= 11 is 0. The minimum atomic E-state index is -0.272. The maximum atomic E-state index is 11.8. The van der Waals surface area contributed by atoms with Gasteiger partial charge in [-0.15, -0.1) is 6.58 Å². The van der Waals surface area contributed by atoms with E-state index >= 15 is 0 Å². The van der Waals surface area contributed by atoms with Gasteiger partial charge in [0.15, 0.2) is 0 Å². The number of rotatable bonds is 6. The molecule has 2 heterocycles. The first-order valence-corrected chi connectivity index (χ1v) is 7.51. The molecule has 2 fully saturated rings. The van der Waals surface area contributed by atoms with Crippen molar-refractivity contribution in [1.29, 1.82) is 0 Å². The Kier molecular flexibility index (Phi) is 5.40. The molecule has 0 bridgehead atoms. The van der Waals surface area contributed by atoms with Gasteiger partial charge in [0.1, 0.15) is 0 Å². The van der Waals surface area contributed by atoms with Crippen LogP contribution in [-0.4, -0.2) is 59.1 Å². The zero-order valence-electron chi connectivity index (χ0n) is 11.8. The van der Waals surface area contributed by atoms with E-state index in [9.17, 15) is 9.90 Å². The molecule has 1 N–H and O–H groups in total. The third-order valence-electron chi connectivity index (χ3n) is 4.20. The molecule has 0 spiro atoms. The van der Waals surface area contributed by atoms with Crippen LogP contribution in [0.15, 0.2) is 12.7 Å². The van der Waals surface area contributed by atoms with Crippen LogP contribution in [-0.2, 0) is 4.79 Å². The summed E-state index contributed by atoms with van der Waals surface area (Å²) in [6.45, 7) is 7.31. The highest BCUT2D eigenvalue weighted by molar-refractivity contribution is 5.78. The fraction of sp³-hybridized carbons (Fsp3) is 0.800. The average Bonchev–Trinajstić information content (AvgIpc) is 2.83. The largest absolute Gasteiger partial charge is 0.392 e. The number of amides is 1. The van der Waals surface area contributed by atoms with Crippen LogP contribution in [0.25, 0.3) is 0 Å². The first-order chi connectivity index (χ1) is 9.20. The van der Waals surface area contributed by atoms with E-state index in [2.05, 4.69) is 16.4 Å². The minimum absolute atomic E-state index is 0.272. The highest BCUT2D eigenvalue weighted by Gasteiger charge is 2.31. The summed E-state index contributed by atoms with van der Waals surface area (Å²) in [6.07, 6.45) is 7.20. The van der Waals surface area contributed by atoms with Gasteiger partial charge in [-0.3, -0.25) is 9.69 Å². The number of likely N-dealkylation sites (tertiary alicyclic amines) is 2. The van der Waals surface area contributed by atoms with Gasteiger partial charge >= 0.3 is 0 Å². The van der Waals surface area contributed by atoms with Crippen LogP contribution in [0, 0.1) is 0 Å². The molecule has 0 aromatic rings. The van der Waals surface area contributed by atoms with Crippen LogP contribution in [0.2, 0.25) is 0 Å². The minimum Gasteiger partial charge on any atom is -0.392 e. The van der Waals surface area contributed by atoms with Gasteiger partial charge in [-0.1, -0.05) is 6.08 Å². The number of carbonyl (C=O) groups is 1. The van der Waals surface area contributed by atoms with Crippen molar-refractivity contribution in [3.63, 3.8) is 0 Å². The van der Waals surface area contributed by atoms with Gasteiger partial charge in [-0.05, 0) is 38.6 Å². The van der Waals surface area contributed by atoms with Crippen molar-refractivity contribution in [3.8, 4) is 0 Å². The molecule has 0 aliphatic carbocycles. The van der Waals surface area contributed by atoms with Gasteiger partial charge in [-0.2, -0.15) is 0 Å². The molecule has 0 aromatic carbocycles. The third-order valence-corrected chi connectivity index (χ3v) is 4.20. The molecule has 2 rings (SSSR count). The highest BCUT2D eigenvalue weighted by atomic mass is 16.3. The Morgan fingerprint density at radius 2 is 2.26 bits per heavy atom. The van der Waals surface area contributed by atoms with Crippen LogP contribution in [0.3, 0.4) is 0 Å². The lowest BCUT2D eigenvalue weighted by Crippen LogP contribution is -2.50. The number of nitrogens with zero attached hydrogens (tertiary/aromatic N) is 2. The van der Waals surface area contributed by atoms with E-state index in [-0.39, 0.29) is 6.10 Å². The van der Waals surface area contributed by atoms with Crippen molar-refractivity contribution in [2.24, 2.45) is 0 Å². The lowest BCUT2D eigenvalue weighted by Gasteiger charge is -2.38. The van der Waals surface area contributed by atoms with Gasteiger partial charge < -0.3 is 10.0 Å². The molecule has 4 nitrogen and oxygen atoms in total. The van der Waals surface area contributed by atoms with Crippen LogP contribution in [0.1, 0.15) is 38.5 Å². The molecule has 0 radical (unpaired) electrons. The van der Waals surface area contributed by atoms with Crippen molar-refractivity contribution < 1.29 is 9.90 Å². The molecule has 2 aliphatic heterocycles. The first-order valence-electron chi connectivity index (χ1n) is 7.51. The lowest BCUT2D eigenvalue weighted by molar-refractivity contribution is -0.130. The Labute approximate surface area is 116 Å². The van der Waals surface area contributed by atoms with Gasteiger partial charge in [0.05, 0.1) is 6.10 Å². The normalized spacial score (nSPS) is 26.7. The van der Waals surface area contributed by atoms with Crippen LogP contribution in [0.5, 0.6) is 0 Å². The number of aliphatic hydroxyl groups excluding tert-OH is 1. The van der Waals surface area contributed by atoms with Gasteiger partial charge in [0.25, 0.3) is 0 Å². The van der Waals surface area contributed by atoms with E-state index in [0.717, 1.165) is 64.7 Å². The van der Waals surface area contributed by atoms with Crippen molar-refractivity contribution in [1.82, 2.24) is 9.80 Å². The molecular weight excluding hydrogens is 240 g/mol. The summed E-state index contributed by atoms with van der Waals surface area (Å²) in [6, 6.07) is 0.371. The second-order valence-electron chi connectivity index (χ2n) is 5.77. The second-order valence-corrected chi connectivity index (χ2v) is 5.77. The quantitative estimate of drug-likeness (QED) is 0.739. The standard InChI is InChI=1S/C15H26N2O2/c1-2-3-7-14(18)12-16-9-4-6-13(11-16)17-10-5-8-15(17)19/h2,13-14,18H,1,3-12H2/t13-,14+/m1/s1. The lowest BCUT2D eigenvalue weighted by atomic mass is 10.0. The van der Waals surface area contributed by atoms with E-state index in [1.54, 1.807) is 0 Å². The van der Waals surface area contributed by atoms with Gasteiger partial charge in [0, 0.05) is 32.1 Å². The predicted octanol–water partition coefficient (Wildman–Crippen LogP) is 1.40.